The summed E-state index contributed by atoms with van der Waals surface area (Å²) in [7, 11) is 0. The molecule has 0 radical (unpaired) electrons. The number of hydrogen-bond acceptors (Lipinski definition) is 3. The zero-order chi connectivity index (χ0) is 10.8. The molecule has 4 nitrogen and oxygen atoms in total. The Hall–Kier alpha value is -1.07. The first-order valence-electron chi connectivity index (χ1n) is 4.24. The van der Waals surface area contributed by atoms with Gasteiger partial charge in [-0.1, -0.05) is 38.8 Å². The van der Waals surface area contributed by atoms with Gasteiger partial charge in [-0.05, 0) is 17.7 Å². The Kier molecular flexibility index (Phi) is 2.93. The van der Waals surface area contributed by atoms with Gasteiger partial charge in [0.15, 0.2) is 5.82 Å². The minimum absolute atomic E-state index is 0.406. The van der Waals surface area contributed by atoms with Crippen molar-refractivity contribution in [3.63, 3.8) is 0 Å². The molecule has 1 aromatic heterocycles. The summed E-state index contributed by atoms with van der Waals surface area (Å²) in [6, 6.07) is 5.71. The molecule has 1 aromatic carbocycles. The quantitative estimate of drug-likeness (QED) is 0.922. The lowest BCUT2D eigenvalue weighted by atomic mass is 10.2. The highest BCUT2D eigenvalue weighted by Crippen LogP contribution is 2.21. The van der Waals surface area contributed by atoms with Crippen LogP contribution >= 0.6 is 27.5 Å². The van der Waals surface area contributed by atoms with Crippen molar-refractivity contribution >= 4 is 33.3 Å². The Morgan fingerprint density at radius 1 is 1.47 bits per heavy atom. The molecule has 2 aromatic rings. The molecule has 1 heterocycles. The molecule has 0 aliphatic heterocycles. The number of nitrogen functional groups attached to an aromatic ring is 1. The molecule has 6 heteroatoms. The van der Waals surface area contributed by atoms with E-state index in [9.17, 15) is 0 Å². The van der Waals surface area contributed by atoms with Crippen molar-refractivity contribution in [3.05, 3.63) is 39.5 Å². The van der Waals surface area contributed by atoms with Gasteiger partial charge in [0.05, 0.1) is 12.7 Å². The zero-order valence-corrected chi connectivity index (χ0v) is 10.0. The number of benzene rings is 1. The zero-order valence-electron chi connectivity index (χ0n) is 7.69. The maximum Gasteiger partial charge on any atom is 0.165 e. The van der Waals surface area contributed by atoms with E-state index in [1.54, 1.807) is 10.9 Å². The minimum Gasteiger partial charge on any atom is -0.381 e. The van der Waals surface area contributed by atoms with Gasteiger partial charge in [0.25, 0.3) is 0 Å². The van der Waals surface area contributed by atoms with Crippen LogP contribution in [0.25, 0.3) is 0 Å². The Morgan fingerprint density at radius 3 is 2.87 bits per heavy atom. The van der Waals surface area contributed by atoms with Gasteiger partial charge in [0, 0.05) is 9.50 Å². The molecule has 0 saturated carbocycles. The SMILES string of the molecule is Nc1cn(Cc2ccc(Br)cc2Cl)nn1. The fraction of sp³-hybridized carbons (Fsp3) is 0.111. The molecule has 0 fully saturated rings. The summed E-state index contributed by atoms with van der Waals surface area (Å²) in [4.78, 5) is 0. The lowest BCUT2D eigenvalue weighted by molar-refractivity contribution is 0.650. The Bertz CT molecular complexity index is 483. The molecule has 0 amide bonds. The summed E-state index contributed by atoms with van der Waals surface area (Å²) in [6.07, 6.45) is 1.67. The van der Waals surface area contributed by atoms with E-state index in [-0.39, 0.29) is 0 Å². The molecule has 0 saturated heterocycles. The molecule has 15 heavy (non-hydrogen) atoms. The molecular formula is C9H8BrClN4. The van der Waals surface area contributed by atoms with Gasteiger partial charge in [0.1, 0.15) is 0 Å². The van der Waals surface area contributed by atoms with Crippen molar-refractivity contribution in [3.8, 4) is 0 Å². The standard InChI is InChI=1S/C9H8BrClN4/c10-7-2-1-6(8(11)3-7)4-15-5-9(12)13-14-15/h1-3,5H,4,12H2. The van der Waals surface area contributed by atoms with E-state index < -0.39 is 0 Å². The normalized spacial score (nSPS) is 10.5. The Balaban J connectivity index is 2.24. The average Bonchev–Trinajstić information content (AvgIpc) is 2.56. The van der Waals surface area contributed by atoms with Crippen molar-refractivity contribution < 1.29 is 0 Å². The van der Waals surface area contributed by atoms with E-state index >= 15 is 0 Å². The number of hydrogen-bond donors (Lipinski definition) is 1. The van der Waals surface area contributed by atoms with Gasteiger partial charge in [-0.2, -0.15) is 0 Å². The smallest absolute Gasteiger partial charge is 0.165 e. The van der Waals surface area contributed by atoms with Crippen LogP contribution in [0.15, 0.2) is 28.9 Å². The molecule has 2 N–H and O–H groups in total. The molecule has 0 atom stereocenters. The first-order valence-corrected chi connectivity index (χ1v) is 5.42. The highest BCUT2D eigenvalue weighted by atomic mass is 79.9. The second kappa shape index (κ2) is 4.20. The van der Waals surface area contributed by atoms with Crippen LogP contribution in [0.5, 0.6) is 0 Å². The summed E-state index contributed by atoms with van der Waals surface area (Å²) in [5, 5.41) is 8.24. The number of aromatic nitrogens is 3. The number of anilines is 1. The van der Waals surface area contributed by atoms with E-state index in [2.05, 4.69) is 26.2 Å². The van der Waals surface area contributed by atoms with Crippen LogP contribution < -0.4 is 5.73 Å². The van der Waals surface area contributed by atoms with E-state index in [1.807, 2.05) is 18.2 Å². The van der Waals surface area contributed by atoms with Crippen LogP contribution in [0.2, 0.25) is 5.02 Å². The predicted octanol–water partition coefficient (Wildman–Crippen LogP) is 2.32. The molecule has 0 aliphatic carbocycles. The Labute approximate surface area is 100 Å². The highest BCUT2D eigenvalue weighted by molar-refractivity contribution is 9.10. The van der Waals surface area contributed by atoms with Crippen molar-refractivity contribution in [2.45, 2.75) is 6.54 Å². The third-order valence-corrected chi connectivity index (χ3v) is 2.75. The van der Waals surface area contributed by atoms with E-state index in [0.29, 0.717) is 17.4 Å². The molecule has 0 unspecified atom stereocenters. The molecule has 0 bridgehead atoms. The van der Waals surface area contributed by atoms with E-state index in [0.717, 1.165) is 10.0 Å². The summed E-state index contributed by atoms with van der Waals surface area (Å²) >= 11 is 9.41. The van der Waals surface area contributed by atoms with E-state index in [4.69, 9.17) is 17.3 Å². The maximum atomic E-state index is 6.06. The van der Waals surface area contributed by atoms with Gasteiger partial charge >= 0.3 is 0 Å². The average molecular weight is 288 g/mol. The van der Waals surface area contributed by atoms with Gasteiger partial charge < -0.3 is 5.73 Å². The van der Waals surface area contributed by atoms with Crippen LogP contribution in [0.3, 0.4) is 0 Å². The first-order chi connectivity index (χ1) is 7.15. The second-order valence-corrected chi connectivity index (χ2v) is 4.40. The third kappa shape index (κ3) is 2.49. The van der Waals surface area contributed by atoms with E-state index in [1.165, 1.54) is 0 Å². The molecule has 2 rings (SSSR count). The molecule has 0 aliphatic rings. The summed E-state index contributed by atoms with van der Waals surface area (Å²) in [5.41, 5.74) is 6.44. The minimum atomic E-state index is 0.406. The number of rotatable bonds is 2. The fourth-order valence-electron chi connectivity index (χ4n) is 1.22. The lowest BCUT2D eigenvalue weighted by Gasteiger charge is -2.03. The van der Waals surface area contributed by atoms with Crippen LogP contribution in [-0.4, -0.2) is 15.0 Å². The fourth-order valence-corrected chi connectivity index (χ4v) is 1.95. The predicted molar refractivity (Wildman–Crippen MR) is 62.7 cm³/mol. The van der Waals surface area contributed by atoms with Crippen LogP contribution in [0.1, 0.15) is 5.56 Å². The van der Waals surface area contributed by atoms with Crippen LogP contribution in [-0.2, 0) is 6.54 Å². The lowest BCUT2D eigenvalue weighted by Crippen LogP contribution is -2.01. The summed E-state index contributed by atoms with van der Waals surface area (Å²) in [6.45, 7) is 0.566. The first kappa shape index (κ1) is 10.4. The molecule has 78 valence electrons. The largest absolute Gasteiger partial charge is 0.381 e. The van der Waals surface area contributed by atoms with Gasteiger partial charge in [-0.15, -0.1) is 5.10 Å². The van der Waals surface area contributed by atoms with Gasteiger partial charge in [0.2, 0.25) is 0 Å². The van der Waals surface area contributed by atoms with Crippen LogP contribution in [0.4, 0.5) is 5.82 Å². The molecule has 0 spiro atoms. The summed E-state index contributed by atoms with van der Waals surface area (Å²) in [5.74, 6) is 0.406. The molecular weight excluding hydrogens is 279 g/mol. The number of nitrogens with zero attached hydrogens (tertiary/aromatic N) is 3. The Morgan fingerprint density at radius 2 is 2.27 bits per heavy atom. The second-order valence-electron chi connectivity index (χ2n) is 3.08. The van der Waals surface area contributed by atoms with Gasteiger partial charge in [-0.25, -0.2) is 4.68 Å². The summed E-state index contributed by atoms with van der Waals surface area (Å²) < 4.78 is 2.60. The third-order valence-electron chi connectivity index (χ3n) is 1.90. The van der Waals surface area contributed by atoms with Crippen molar-refractivity contribution in [1.82, 2.24) is 15.0 Å². The van der Waals surface area contributed by atoms with Crippen molar-refractivity contribution in [2.24, 2.45) is 0 Å². The van der Waals surface area contributed by atoms with Crippen molar-refractivity contribution in [2.75, 3.05) is 5.73 Å². The number of nitrogens with two attached hydrogens (primary N) is 1. The van der Waals surface area contributed by atoms with Crippen LogP contribution in [0, 0.1) is 0 Å². The topological polar surface area (TPSA) is 56.7 Å². The van der Waals surface area contributed by atoms with Gasteiger partial charge in [-0.3, -0.25) is 0 Å². The highest BCUT2D eigenvalue weighted by Gasteiger charge is 2.03. The monoisotopic (exact) mass is 286 g/mol. The van der Waals surface area contributed by atoms with Crippen molar-refractivity contribution in [1.29, 1.82) is 0 Å². The number of halogens is 2. The maximum absolute atomic E-state index is 6.06.